The molecule has 1 aliphatic rings. The number of ether oxygens (including phenoxy) is 6. The maximum absolute atomic E-state index is 14.6. The quantitative estimate of drug-likeness (QED) is 0.130. The van der Waals surface area contributed by atoms with Gasteiger partial charge in [0.15, 0.2) is 23.9 Å². The summed E-state index contributed by atoms with van der Waals surface area (Å²) in [6.45, 7) is 5.89. The molecule has 15 nitrogen and oxygen atoms in total. The summed E-state index contributed by atoms with van der Waals surface area (Å²) in [6.07, 6.45) is -2.83. The molecule has 5 rings (SSSR count). The minimum Gasteiger partial charge on any atom is -0.493 e. The van der Waals surface area contributed by atoms with Crippen LogP contribution < -0.4 is 24.4 Å². The third-order valence-corrected chi connectivity index (χ3v) is 8.71. The molecule has 1 aromatic heterocycles. The fourth-order valence-corrected chi connectivity index (χ4v) is 6.32. The van der Waals surface area contributed by atoms with E-state index in [1.807, 2.05) is 13.8 Å². The minimum atomic E-state index is -1.38. The van der Waals surface area contributed by atoms with Gasteiger partial charge < -0.3 is 48.2 Å². The van der Waals surface area contributed by atoms with Gasteiger partial charge in [-0.25, -0.2) is 9.59 Å². The summed E-state index contributed by atoms with van der Waals surface area (Å²) in [5, 5.41) is 12.5. The van der Waals surface area contributed by atoms with Crippen LogP contribution in [0.5, 0.6) is 17.2 Å². The Hall–Kier alpha value is -5.80. The molecule has 16 heteroatoms. The standard InChI is InChI=1S/C39H41ClN2O13/c1-7-51-38(48)36-35(52-18-32(45)46)26-16-23(12-14-28(26)54-36)41-31(44)17-30-37(47)42(19-39(3,4)20-53-21(2)43)27-13-11-22(40)15-25(27)33(55-30)24-9-8-10-29(49-5)34(24)50-6/h8-16,30,33H,7,17-20H2,1-6H3,(H,41,44)(H,45,46)/t30-,33-/m1/s1. The molecule has 2 amide bonds. The minimum absolute atomic E-state index is 0.000714. The number of anilines is 2. The third-order valence-electron chi connectivity index (χ3n) is 8.47. The Morgan fingerprint density at radius 2 is 1.75 bits per heavy atom. The number of hydrogen-bond acceptors (Lipinski definition) is 12. The van der Waals surface area contributed by atoms with Crippen molar-refractivity contribution in [1.29, 1.82) is 0 Å². The van der Waals surface area contributed by atoms with Crippen LogP contribution in [0.1, 0.15) is 61.9 Å². The lowest BCUT2D eigenvalue weighted by molar-refractivity contribution is -0.144. The van der Waals surface area contributed by atoms with Gasteiger partial charge in [0.2, 0.25) is 5.91 Å². The zero-order valence-electron chi connectivity index (χ0n) is 31.1. The van der Waals surface area contributed by atoms with E-state index >= 15 is 0 Å². The second-order valence-electron chi connectivity index (χ2n) is 13.3. The SMILES string of the molecule is CCOC(=O)c1oc2ccc(NC(=O)C[C@H]3O[C@H](c4cccc(OC)c4OC)c4cc(Cl)ccc4N(CC(C)(C)COC(C)=O)C3=O)cc2c1OCC(=O)O. The molecule has 2 heterocycles. The van der Waals surface area contributed by atoms with Gasteiger partial charge in [-0.1, -0.05) is 37.6 Å². The molecule has 0 bridgehead atoms. The zero-order chi connectivity index (χ0) is 40.0. The predicted molar refractivity (Wildman–Crippen MR) is 199 cm³/mol. The molecule has 1 aliphatic heterocycles. The molecule has 4 aromatic rings. The van der Waals surface area contributed by atoms with Crippen molar-refractivity contribution in [2.75, 3.05) is 50.8 Å². The van der Waals surface area contributed by atoms with Gasteiger partial charge in [-0.2, -0.15) is 0 Å². The summed E-state index contributed by atoms with van der Waals surface area (Å²) < 4.78 is 39.3. The van der Waals surface area contributed by atoms with Crippen LogP contribution in [-0.4, -0.2) is 81.5 Å². The number of methoxy groups -OCH3 is 2. The molecule has 0 saturated heterocycles. The maximum atomic E-state index is 14.6. The molecule has 0 aliphatic carbocycles. The Kier molecular flexibility index (Phi) is 12.6. The van der Waals surface area contributed by atoms with Gasteiger partial charge in [0, 0.05) is 46.4 Å². The second kappa shape index (κ2) is 17.1. The van der Waals surface area contributed by atoms with E-state index in [1.54, 1.807) is 43.3 Å². The van der Waals surface area contributed by atoms with E-state index in [0.717, 1.165) is 0 Å². The number of nitrogens with zero attached hydrogens (tertiary/aromatic N) is 1. The van der Waals surface area contributed by atoms with E-state index in [-0.39, 0.29) is 47.9 Å². The van der Waals surface area contributed by atoms with Gasteiger partial charge in [0.25, 0.3) is 11.7 Å². The van der Waals surface area contributed by atoms with Crippen LogP contribution >= 0.6 is 11.6 Å². The first-order chi connectivity index (χ1) is 26.2. The predicted octanol–water partition coefficient (Wildman–Crippen LogP) is 6.18. The van der Waals surface area contributed by atoms with Crippen molar-refractivity contribution in [2.24, 2.45) is 5.41 Å². The number of halogens is 1. The number of amides is 2. The van der Waals surface area contributed by atoms with Crippen molar-refractivity contribution in [3.8, 4) is 17.2 Å². The number of para-hydroxylation sites is 1. The smallest absolute Gasteiger partial charge is 0.378 e. The Morgan fingerprint density at radius 1 is 0.982 bits per heavy atom. The highest BCUT2D eigenvalue weighted by Crippen LogP contribution is 2.46. The van der Waals surface area contributed by atoms with Crippen LogP contribution in [0, 0.1) is 5.41 Å². The number of aliphatic carboxylic acids is 1. The molecule has 55 heavy (non-hydrogen) atoms. The van der Waals surface area contributed by atoms with Crippen molar-refractivity contribution in [2.45, 2.75) is 46.3 Å². The number of furan rings is 1. The van der Waals surface area contributed by atoms with Gasteiger partial charge in [-0.05, 0) is 49.4 Å². The second-order valence-corrected chi connectivity index (χ2v) is 13.7. The van der Waals surface area contributed by atoms with Gasteiger partial charge in [0.05, 0.1) is 39.2 Å². The Bertz CT molecular complexity index is 2110. The number of benzene rings is 3. The largest absolute Gasteiger partial charge is 0.493 e. The van der Waals surface area contributed by atoms with E-state index in [9.17, 15) is 29.1 Å². The molecule has 3 aromatic carbocycles. The summed E-state index contributed by atoms with van der Waals surface area (Å²) >= 11 is 6.54. The van der Waals surface area contributed by atoms with Crippen LogP contribution in [0.2, 0.25) is 5.02 Å². The van der Waals surface area contributed by atoms with Crippen molar-refractivity contribution in [3.05, 3.63) is 76.5 Å². The van der Waals surface area contributed by atoms with Crippen LogP contribution in [0.15, 0.2) is 59.0 Å². The average molecular weight is 781 g/mol. The number of carboxylic acid groups (broad SMARTS) is 1. The van der Waals surface area contributed by atoms with Crippen LogP contribution in [0.25, 0.3) is 11.0 Å². The number of carboxylic acids is 1. The van der Waals surface area contributed by atoms with Crippen molar-refractivity contribution < 1.29 is 61.9 Å². The fourth-order valence-electron chi connectivity index (χ4n) is 6.14. The highest BCUT2D eigenvalue weighted by atomic mass is 35.5. The normalized spacial score (nSPS) is 15.5. The summed E-state index contributed by atoms with van der Waals surface area (Å²) in [6, 6.07) is 14.6. The Labute approximate surface area is 321 Å². The zero-order valence-corrected chi connectivity index (χ0v) is 31.8. The number of carbonyl (C=O) groups excluding carboxylic acids is 4. The summed E-state index contributed by atoms with van der Waals surface area (Å²) in [5.41, 5.74) is 1.11. The number of carbonyl (C=O) groups is 5. The molecular formula is C39H41ClN2O13. The van der Waals surface area contributed by atoms with E-state index < -0.39 is 60.4 Å². The molecular weight excluding hydrogens is 740 g/mol. The average Bonchev–Trinajstić information content (AvgIpc) is 3.46. The summed E-state index contributed by atoms with van der Waals surface area (Å²) in [4.78, 5) is 65.6. The first kappa shape index (κ1) is 40.4. The molecule has 0 saturated carbocycles. The monoisotopic (exact) mass is 780 g/mol. The molecule has 0 fully saturated rings. The topological polar surface area (TPSA) is 189 Å². The number of esters is 2. The van der Waals surface area contributed by atoms with Gasteiger partial charge in [-0.15, -0.1) is 0 Å². The summed E-state index contributed by atoms with van der Waals surface area (Å²) in [7, 11) is 2.96. The number of rotatable bonds is 15. The number of hydrogen-bond donors (Lipinski definition) is 2. The van der Waals surface area contributed by atoms with Crippen LogP contribution in [-0.2, 0) is 33.4 Å². The van der Waals surface area contributed by atoms with Gasteiger partial charge in [0.1, 0.15) is 17.8 Å². The third kappa shape index (κ3) is 9.30. The highest BCUT2D eigenvalue weighted by molar-refractivity contribution is 6.30. The van der Waals surface area contributed by atoms with Crippen LogP contribution in [0.4, 0.5) is 11.4 Å². The maximum Gasteiger partial charge on any atom is 0.378 e. The molecule has 0 spiro atoms. The Morgan fingerprint density at radius 3 is 2.42 bits per heavy atom. The molecule has 2 N–H and O–H groups in total. The van der Waals surface area contributed by atoms with Gasteiger partial charge >= 0.3 is 17.9 Å². The van der Waals surface area contributed by atoms with Crippen molar-refractivity contribution in [1.82, 2.24) is 0 Å². The molecule has 0 unspecified atom stereocenters. The van der Waals surface area contributed by atoms with Gasteiger partial charge in [-0.3, -0.25) is 14.4 Å². The van der Waals surface area contributed by atoms with E-state index in [0.29, 0.717) is 33.3 Å². The van der Waals surface area contributed by atoms with Crippen molar-refractivity contribution >= 4 is 63.7 Å². The molecule has 2 atom stereocenters. The number of fused-ring (bicyclic) bond motifs is 2. The number of nitrogens with one attached hydrogen (secondary N) is 1. The van der Waals surface area contributed by atoms with E-state index in [1.165, 1.54) is 44.2 Å². The fraction of sp³-hybridized carbons (Fsp3) is 0.359. The van der Waals surface area contributed by atoms with E-state index in [2.05, 4.69) is 5.32 Å². The van der Waals surface area contributed by atoms with Crippen LogP contribution in [0.3, 0.4) is 0 Å². The Balaban J connectivity index is 1.54. The summed E-state index contributed by atoms with van der Waals surface area (Å²) in [5.74, 6) is -3.56. The first-order valence-electron chi connectivity index (χ1n) is 17.1. The van der Waals surface area contributed by atoms with Crippen molar-refractivity contribution in [3.63, 3.8) is 0 Å². The lowest BCUT2D eigenvalue weighted by Crippen LogP contribution is -2.46. The first-order valence-corrected chi connectivity index (χ1v) is 17.5. The molecule has 0 radical (unpaired) electrons. The molecule has 292 valence electrons. The lowest BCUT2D eigenvalue weighted by Gasteiger charge is -2.33. The highest BCUT2D eigenvalue weighted by Gasteiger charge is 2.41. The van der Waals surface area contributed by atoms with E-state index in [4.69, 9.17) is 44.4 Å². The lowest BCUT2D eigenvalue weighted by atomic mass is 9.92.